The van der Waals surface area contributed by atoms with Gasteiger partial charge in [-0.05, 0) is 26.8 Å². The molecule has 0 amide bonds. The van der Waals surface area contributed by atoms with Gasteiger partial charge in [0.05, 0.1) is 0 Å². The van der Waals surface area contributed by atoms with E-state index < -0.39 is 6.29 Å². The molecule has 0 saturated carbocycles. The van der Waals surface area contributed by atoms with Crippen molar-refractivity contribution in [1.82, 2.24) is 0 Å². The number of aliphatic hydroxyl groups excluding tert-OH is 1. The second kappa shape index (κ2) is 6.82. The van der Waals surface area contributed by atoms with E-state index in [0.717, 1.165) is 5.57 Å². The fourth-order valence-electron chi connectivity index (χ4n) is 0.953. The summed E-state index contributed by atoms with van der Waals surface area (Å²) >= 11 is 5.72. The van der Waals surface area contributed by atoms with E-state index >= 15 is 0 Å². The molecule has 80 valence electrons. The van der Waals surface area contributed by atoms with Crippen LogP contribution in [0.25, 0.3) is 0 Å². The van der Waals surface area contributed by atoms with Crippen LogP contribution in [0.4, 0.5) is 0 Å². The van der Waals surface area contributed by atoms with Gasteiger partial charge in [-0.15, -0.1) is 0 Å². The summed E-state index contributed by atoms with van der Waals surface area (Å²) in [5.74, 6) is 0. The van der Waals surface area contributed by atoms with Crippen LogP contribution in [-0.2, 0) is 4.74 Å². The number of aliphatic hydroxyl groups is 1. The summed E-state index contributed by atoms with van der Waals surface area (Å²) in [5.41, 5.74) is 1.46. The van der Waals surface area contributed by atoms with Gasteiger partial charge in [0.25, 0.3) is 0 Å². The van der Waals surface area contributed by atoms with Gasteiger partial charge >= 0.3 is 0 Å². The molecule has 1 N–H and O–H groups in total. The zero-order valence-corrected chi connectivity index (χ0v) is 9.64. The SMILES string of the molecule is C=C(C)/C=C(\C=C(/C)Cl)C(O)OCC. The van der Waals surface area contributed by atoms with Gasteiger partial charge in [-0.3, -0.25) is 0 Å². The summed E-state index contributed by atoms with van der Waals surface area (Å²) in [7, 11) is 0. The minimum Gasteiger partial charge on any atom is -0.364 e. The molecule has 1 atom stereocenters. The van der Waals surface area contributed by atoms with Crippen LogP contribution in [0.2, 0.25) is 0 Å². The van der Waals surface area contributed by atoms with Crippen LogP contribution in [0.5, 0.6) is 0 Å². The smallest absolute Gasteiger partial charge is 0.181 e. The Bertz CT molecular complexity index is 250. The molecular formula is C11H17ClO2. The highest BCUT2D eigenvalue weighted by atomic mass is 35.5. The van der Waals surface area contributed by atoms with E-state index in [2.05, 4.69) is 6.58 Å². The predicted octanol–water partition coefficient (Wildman–Crippen LogP) is 2.99. The zero-order chi connectivity index (χ0) is 11.1. The van der Waals surface area contributed by atoms with E-state index in [1.54, 1.807) is 19.1 Å². The number of ether oxygens (including phenoxy) is 1. The highest BCUT2D eigenvalue weighted by Crippen LogP contribution is 2.13. The monoisotopic (exact) mass is 216 g/mol. The molecule has 0 bridgehead atoms. The van der Waals surface area contributed by atoms with Crippen molar-refractivity contribution < 1.29 is 9.84 Å². The van der Waals surface area contributed by atoms with E-state index in [0.29, 0.717) is 17.2 Å². The molecule has 0 rings (SSSR count). The molecule has 0 aromatic heterocycles. The molecule has 1 unspecified atom stereocenters. The normalized spacial score (nSPS) is 15.5. The fourth-order valence-corrected chi connectivity index (χ4v) is 1.08. The van der Waals surface area contributed by atoms with Crippen LogP contribution in [0.15, 0.2) is 34.9 Å². The number of hydrogen-bond acceptors (Lipinski definition) is 2. The highest BCUT2D eigenvalue weighted by Gasteiger charge is 2.07. The van der Waals surface area contributed by atoms with Crippen LogP contribution >= 0.6 is 11.6 Å². The Morgan fingerprint density at radius 2 is 2.07 bits per heavy atom. The molecule has 0 aromatic carbocycles. The number of rotatable bonds is 5. The molecule has 0 radical (unpaired) electrons. The lowest BCUT2D eigenvalue weighted by Gasteiger charge is -2.12. The topological polar surface area (TPSA) is 29.5 Å². The van der Waals surface area contributed by atoms with Crippen LogP contribution in [0, 0.1) is 0 Å². The summed E-state index contributed by atoms with van der Waals surface area (Å²) in [6.07, 6.45) is 2.47. The van der Waals surface area contributed by atoms with E-state index in [9.17, 15) is 5.11 Å². The first-order valence-corrected chi connectivity index (χ1v) is 4.85. The molecule has 0 aliphatic rings. The first-order chi connectivity index (χ1) is 6.47. The second-order valence-corrected chi connectivity index (χ2v) is 3.63. The van der Waals surface area contributed by atoms with E-state index in [1.165, 1.54) is 0 Å². The van der Waals surface area contributed by atoms with Crippen molar-refractivity contribution in [3.8, 4) is 0 Å². The lowest BCUT2D eigenvalue weighted by Crippen LogP contribution is -2.14. The van der Waals surface area contributed by atoms with Gasteiger partial charge < -0.3 is 9.84 Å². The number of hydrogen-bond donors (Lipinski definition) is 1. The number of allylic oxidation sites excluding steroid dienone is 3. The van der Waals surface area contributed by atoms with Crippen molar-refractivity contribution in [1.29, 1.82) is 0 Å². The third-order valence-corrected chi connectivity index (χ3v) is 1.50. The maximum Gasteiger partial charge on any atom is 0.181 e. The minimum atomic E-state index is -0.939. The predicted molar refractivity (Wildman–Crippen MR) is 60.1 cm³/mol. The maximum absolute atomic E-state index is 9.57. The fraction of sp³-hybridized carbons (Fsp3) is 0.455. The average Bonchev–Trinajstić information content (AvgIpc) is 2.01. The Balaban J connectivity index is 4.72. The average molecular weight is 217 g/mol. The van der Waals surface area contributed by atoms with Crippen LogP contribution in [-0.4, -0.2) is 18.0 Å². The van der Waals surface area contributed by atoms with E-state index in [1.807, 2.05) is 13.8 Å². The van der Waals surface area contributed by atoms with Crippen LogP contribution < -0.4 is 0 Å². The van der Waals surface area contributed by atoms with Crippen LogP contribution in [0.3, 0.4) is 0 Å². The molecule has 0 spiro atoms. The van der Waals surface area contributed by atoms with Gasteiger partial charge in [0.2, 0.25) is 0 Å². The van der Waals surface area contributed by atoms with Crippen molar-refractivity contribution in [3.05, 3.63) is 34.9 Å². The molecule has 2 nitrogen and oxygen atoms in total. The zero-order valence-electron chi connectivity index (χ0n) is 8.88. The minimum absolute atomic E-state index is 0.448. The van der Waals surface area contributed by atoms with Crippen molar-refractivity contribution in [2.24, 2.45) is 0 Å². The van der Waals surface area contributed by atoms with E-state index in [4.69, 9.17) is 16.3 Å². The quantitative estimate of drug-likeness (QED) is 0.566. The summed E-state index contributed by atoms with van der Waals surface area (Å²) < 4.78 is 5.05. The summed E-state index contributed by atoms with van der Waals surface area (Å²) in [6.45, 7) is 9.58. The van der Waals surface area contributed by atoms with Crippen molar-refractivity contribution >= 4 is 11.6 Å². The lowest BCUT2D eigenvalue weighted by atomic mass is 10.1. The van der Waals surface area contributed by atoms with Crippen molar-refractivity contribution in [2.45, 2.75) is 27.1 Å². The Kier molecular flexibility index (Phi) is 6.54. The number of halogens is 1. The van der Waals surface area contributed by atoms with E-state index in [-0.39, 0.29) is 0 Å². The third-order valence-electron chi connectivity index (χ3n) is 1.39. The molecule has 0 fully saturated rings. The molecule has 0 aliphatic carbocycles. The lowest BCUT2D eigenvalue weighted by molar-refractivity contribution is -0.0647. The van der Waals surface area contributed by atoms with Gasteiger partial charge in [-0.2, -0.15) is 0 Å². The van der Waals surface area contributed by atoms with Gasteiger partial charge in [0.1, 0.15) is 0 Å². The van der Waals surface area contributed by atoms with Gasteiger partial charge in [-0.25, -0.2) is 0 Å². The molecule has 0 aliphatic heterocycles. The molecule has 14 heavy (non-hydrogen) atoms. The molecular weight excluding hydrogens is 200 g/mol. The Morgan fingerprint density at radius 3 is 2.43 bits per heavy atom. The molecule has 3 heteroatoms. The second-order valence-electron chi connectivity index (χ2n) is 3.03. The first kappa shape index (κ1) is 13.4. The Hall–Kier alpha value is -0.570. The first-order valence-electron chi connectivity index (χ1n) is 4.48. The molecule has 0 aromatic rings. The van der Waals surface area contributed by atoms with Crippen molar-refractivity contribution in [3.63, 3.8) is 0 Å². The Labute approximate surface area is 90.5 Å². The Morgan fingerprint density at radius 1 is 1.50 bits per heavy atom. The summed E-state index contributed by atoms with van der Waals surface area (Å²) in [6, 6.07) is 0. The molecule has 0 heterocycles. The maximum atomic E-state index is 9.57. The third kappa shape index (κ3) is 5.97. The standard InChI is InChI=1S/C11H17ClO2/c1-5-14-11(13)10(6-8(2)3)7-9(4)12/h6-7,11,13H,2,5H2,1,3-4H3/b9-7+,10-6+. The van der Waals surface area contributed by atoms with Gasteiger partial charge in [0, 0.05) is 17.2 Å². The molecule has 0 saturated heterocycles. The summed E-state index contributed by atoms with van der Waals surface area (Å²) in [5, 5.41) is 10.2. The van der Waals surface area contributed by atoms with Gasteiger partial charge in [0.15, 0.2) is 6.29 Å². The van der Waals surface area contributed by atoms with Gasteiger partial charge in [-0.1, -0.05) is 29.8 Å². The highest BCUT2D eigenvalue weighted by molar-refractivity contribution is 6.29. The summed E-state index contributed by atoms with van der Waals surface area (Å²) in [4.78, 5) is 0. The van der Waals surface area contributed by atoms with Crippen molar-refractivity contribution in [2.75, 3.05) is 6.61 Å². The van der Waals surface area contributed by atoms with Crippen LogP contribution in [0.1, 0.15) is 20.8 Å². The largest absolute Gasteiger partial charge is 0.364 e.